The molecule has 0 radical (unpaired) electrons. The van der Waals surface area contributed by atoms with Gasteiger partial charge in [-0.15, -0.1) is 0 Å². The Hall–Kier alpha value is -1.06. The zero-order chi connectivity index (χ0) is 13.9. The molecule has 0 heterocycles. The zero-order valence-corrected chi connectivity index (χ0v) is 12.3. The topological polar surface area (TPSA) is 44.5 Å². The van der Waals surface area contributed by atoms with Gasteiger partial charge in [-0.1, -0.05) is 19.1 Å². The van der Waals surface area contributed by atoms with Crippen LogP contribution in [0.15, 0.2) is 12.1 Å². The van der Waals surface area contributed by atoms with Crippen molar-refractivity contribution < 1.29 is 9.47 Å². The Morgan fingerprint density at radius 3 is 2.33 bits per heavy atom. The second-order valence-electron chi connectivity index (χ2n) is 4.98. The largest absolute Gasteiger partial charge is 0.496 e. The van der Waals surface area contributed by atoms with E-state index in [9.17, 15) is 0 Å². The molecule has 0 saturated carbocycles. The molecule has 0 aromatic heterocycles. The van der Waals surface area contributed by atoms with E-state index < -0.39 is 0 Å². The van der Waals surface area contributed by atoms with Gasteiger partial charge in [0, 0.05) is 12.7 Å². The molecular formula is C15H25NO2. The molecule has 0 saturated heterocycles. The van der Waals surface area contributed by atoms with Crippen LogP contribution in [0.4, 0.5) is 0 Å². The number of methoxy groups -OCH3 is 2. The molecule has 2 unspecified atom stereocenters. The third kappa shape index (κ3) is 2.52. The molecule has 1 aromatic rings. The van der Waals surface area contributed by atoms with Crippen LogP contribution in [0, 0.1) is 13.8 Å². The molecule has 0 aliphatic heterocycles. The van der Waals surface area contributed by atoms with E-state index in [0.29, 0.717) is 0 Å². The third-order valence-corrected chi connectivity index (χ3v) is 4.07. The molecule has 0 amide bonds. The van der Waals surface area contributed by atoms with Crippen molar-refractivity contribution in [3.63, 3.8) is 0 Å². The van der Waals surface area contributed by atoms with Crippen LogP contribution < -0.4 is 10.5 Å². The molecule has 2 atom stereocenters. The maximum absolute atomic E-state index is 6.38. The van der Waals surface area contributed by atoms with E-state index in [4.69, 9.17) is 15.2 Å². The minimum absolute atomic E-state index is 0.207. The summed E-state index contributed by atoms with van der Waals surface area (Å²) in [6.45, 7) is 8.24. The van der Waals surface area contributed by atoms with Gasteiger partial charge in [0.05, 0.1) is 18.8 Å². The SMILES string of the molecule is CCC(C)(OC)C(N)c1ccc(C)c(C)c1OC. The predicted molar refractivity (Wildman–Crippen MR) is 75.1 cm³/mol. The molecule has 3 heteroatoms. The van der Waals surface area contributed by atoms with Crippen molar-refractivity contribution in [2.45, 2.75) is 45.8 Å². The Balaban J connectivity index is 3.29. The van der Waals surface area contributed by atoms with Crippen LogP contribution in [0.2, 0.25) is 0 Å². The summed E-state index contributed by atoms with van der Waals surface area (Å²) in [6, 6.07) is 3.92. The van der Waals surface area contributed by atoms with Crippen molar-refractivity contribution >= 4 is 0 Å². The minimum atomic E-state index is -0.380. The monoisotopic (exact) mass is 251 g/mol. The summed E-state index contributed by atoms with van der Waals surface area (Å²) in [4.78, 5) is 0. The van der Waals surface area contributed by atoms with Gasteiger partial charge in [0.1, 0.15) is 5.75 Å². The van der Waals surface area contributed by atoms with Crippen molar-refractivity contribution in [2.24, 2.45) is 5.73 Å². The highest BCUT2D eigenvalue weighted by Crippen LogP contribution is 2.37. The van der Waals surface area contributed by atoms with Crippen LogP contribution in [0.3, 0.4) is 0 Å². The normalized spacial score (nSPS) is 16.2. The van der Waals surface area contributed by atoms with Crippen LogP contribution in [0.1, 0.15) is 43.0 Å². The van der Waals surface area contributed by atoms with Crippen LogP contribution in [-0.4, -0.2) is 19.8 Å². The molecule has 0 aliphatic rings. The lowest BCUT2D eigenvalue weighted by molar-refractivity contribution is -0.0199. The molecule has 0 bridgehead atoms. The third-order valence-electron chi connectivity index (χ3n) is 4.07. The lowest BCUT2D eigenvalue weighted by Gasteiger charge is -2.34. The summed E-state index contributed by atoms with van der Waals surface area (Å²) in [6.07, 6.45) is 0.848. The van der Waals surface area contributed by atoms with Gasteiger partial charge < -0.3 is 15.2 Å². The van der Waals surface area contributed by atoms with Crippen LogP contribution in [0.5, 0.6) is 5.75 Å². The first-order chi connectivity index (χ1) is 8.41. The van der Waals surface area contributed by atoms with E-state index in [1.807, 2.05) is 13.0 Å². The van der Waals surface area contributed by atoms with E-state index in [2.05, 4.69) is 26.8 Å². The Bertz CT molecular complexity index is 411. The first-order valence-electron chi connectivity index (χ1n) is 6.36. The fourth-order valence-electron chi connectivity index (χ4n) is 2.15. The Morgan fingerprint density at radius 1 is 1.28 bits per heavy atom. The zero-order valence-electron chi connectivity index (χ0n) is 12.3. The Morgan fingerprint density at radius 2 is 1.89 bits per heavy atom. The average molecular weight is 251 g/mol. The number of rotatable bonds is 5. The number of benzene rings is 1. The van der Waals surface area contributed by atoms with Gasteiger partial charge in [-0.2, -0.15) is 0 Å². The fraction of sp³-hybridized carbons (Fsp3) is 0.600. The fourth-order valence-corrected chi connectivity index (χ4v) is 2.15. The Kier molecular flexibility index (Phi) is 4.77. The quantitative estimate of drug-likeness (QED) is 0.874. The van der Waals surface area contributed by atoms with Gasteiger partial charge in [-0.25, -0.2) is 0 Å². The highest BCUT2D eigenvalue weighted by molar-refractivity contribution is 5.47. The summed E-state index contributed by atoms with van der Waals surface area (Å²) in [5.41, 5.74) is 9.36. The lowest BCUT2D eigenvalue weighted by atomic mass is 9.86. The molecule has 0 spiro atoms. The van der Waals surface area contributed by atoms with E-state index in [-0.39, 0.29) is 11.6 Å². The molecule has 2 N–H and O–H groups in total. The van der Waals surface area contributed by atoms with E-state index in [0.717, 1.165) is 23.3 Å². The number of nitrogens with two attached hydrogens (primary N) is 1. The molecule has 0 aliphatic carbocycles. The number of hydrogen-bond acceptors (Lipinski definition) is 3. The molecular weight excluding hydrogens is 226 g/mol. The van der Waals surface area contributed by atoms with Gasteiger partial charge in [0.25, 0.3) is 0 Å². The van der Waals surface area contributed by atoms with Gasteiger partial charge in [-0.05, 0) is 38.3 Å². The summed E-state index contributed by atoms with van der Waals surface area (Å²) < 4.78 is 11.1. The molecule has 1 aromatic carbocycles. The molecule has 0 fully saturated rings. The molecule has 18 heavy (non-hydrogen) atoms. The number of hydrogen-bond donors (Lipinski definition) is 1. The smallest absolute Gasteiger partial charge is 0.126 e. The van der Waals surface area contributed by atoms with E-state index >= 15 is 0 Å². The van der Waals surface area contributed by atoms with Crippen LogP contribution >= 0.6 is 0 Å². The van der Waals surface area contributed by atoms with Crippen LogP contribution in [-0.2, 0) is 4.74 Å². The molecule has 3 nitrogen and oxygen atoms in total. The number of ether oxygens (including phenoxy) is 2. The van der Waals surface area contributed by atoms with E-state index in [1.165, 1.54) is 5.56 Å². The van der Waals surface area contributed by atoms with Gasteiger partial charge in [0.2, 0.25) is 0 Å². The maximum atomic E-state index is 6.38. The first kappa shape index (κ1) is 15.0. The first-order valence-corrected chi connectivity index (χ1v) is 6.36. The van der Waals surface area contributed by atoms with Gasteiger partial charge >= 0.3 is 0 Å². The van der Waals surface area contributed by atoms with E-state index in [1.54, 1.807) is 14.2 Å². The highest BCUT2D eigenvalue weighted by atomic mass is 16.5. The summed E-state index contributed by atoms with van der Waals surface area (Å²) >= 11 is 0. The van der Waals surface area contributed by atoms with Crippen molar-refractivity contribution in [1.82, 2.24) is 0 Å². The maximum Gasteiger partial charge on any atom is 0.126 e. The van der Waals surface area contributed by atoms with Crippen molar-refractivity contribution in [3.05, 3.63) is 28.8 Å². The molecule has 102 valence electrons. The molecule has 1 rings (SSSR count). The van der Waals surface area contributed by atoms with Crippen LogP contribution in [0.25, 0.3) is 0 Å². The standard InChI is InChI=1S/C15H25NO2/c1-7-15(4,18-6)14(16)12-9-8-10(2)11(3)13(12)17-5/h8-9,14H,7,16H2,1-6H3. The summed E-state index contributed by atoms with van der Waals surface area (Å²) in [5.74, 6) is 0.874. The highest BCUT2D eigenvalue weighted by Gasteiger charge is 2.33. The second kappa shape index (κ2) is 5.72. The van der Waals surface area contributed by atoms with Gasteiger partial charge in [-0.3, -0.25) is 0 Å². The average Bonchev–Trinajstić information content (AvgIpc) is 2.39. The van der Waals surface area contributed by atoms with Gasteiger partial charge in [0.15, 0.2) is 0 Å². The van der Waals surface area contributed by atoms with Crippen molar-refractivity contribution in [3.8, 4) is 5.75 Å². The van der Waals surface area contributed by atoms with Crippen molar-refractivity contribution in [2.75, 3.05) is 14.2 Å². The number of aryl methyl sites for hydroxylation is 1. The predicted octanol–water partition coefficient (Wildman–Crippen LogP) is 3.13. The Labute approximate surface area is 110 Å². The summed E-state index contributed by atoms with van der Waals surface area (Å²) in [7, 11) is 3.39. The lowest BCUT2D eigenvalue weighted by Crippen LogP contribution is -2.39. The minimum Gasteiger partial charge on any atom is -0.496 e. The van der Waals surface area contributed by atoms with Crippen molar-refractivity contribution in [1.29, 1.82) is 0 Å². The summed E-state index contributed by atoms with van der Waals surface area (Å²) in [5, 5.41) is 0. The second-order valence-corrected chi connectivity index (χ2v) is 4.98.